The summed E-state index contributed by atoms with van der Waals surface area (Å²) < 4.78 is 27.4. The molecule has 5 heteroatoms. The van der Waals surface area contributed by atoms with Crippen LogP contribution >= 0.6 is 0 Å². The summed E-state index contributed by atoms with van der Waals surface area (Å²) in [5, 5.41) is 13.8. The molecule has 1 aromatic carbocycles. The summed E-state index contributed by atoms with van der Waals surface area (Å²) in [5.74, 6) is -1.42. The van der Waals surface area contributed by atoms with Crippen LogP contribution in [0.25, 0.3) is 0 Å². The van der Waals surface area contributed by atoms with E-state index in [-0.39, 0.29) is 5.56 Å². The molecule has 84 valence electrons. The monoisotopic (exact) mass is 224 g/mol. The third-order valence-electron chi connectivity index (χ3n) is 2.34. The fourth-order valence-electron chi connectivity index (χ4n) is 1.56. The first-order valence-corrected chi connectivity index (χ1v) is 4.70. The molecule has 3 nitrogen and oxygen atoms in total. The molecular weight excluding hydrogens is 214 g/mol. The summed E-state index contributed by atoms with van der Waals surface area (Å²) >= 11 is 0. The number of benzene rings is 1. The van der Waals surface area contributed by atoms with Gasteiger partial charge in [-0.25, -0.2) is 8.78 Å². The summed E-state index contributed by atoms with van der Waals surface area (Å²) in [5.41, 5.74) is 0.645. The van der Waals surface area contributed by atoms with Gasteiger partial charge in [0.05, 0.1) is 5.69 Å². The van der Waals surface area contributed by atoms with Crippen molar-refractivity contribution in [3.63, 3.8) is 0 Å². The number of nitrogens with zero attached hydrogens (tertiary/aromatic N) is 2. The number of aryl methyl sites for hydroxylation is 1. The molecule has 1 unspecified atom stereocenters. The minimum absolute atomic E-state index is 0.168. The molecule has 0 aliphatic heterocycles. The molecule has 1 heterocycles. The first-order valence-electron chi connectivity index (χ1n) is 4.70. The van der Waals surface area contributed by atoms with Crippen LogP contribution in [0.15, 0.2) is 30.5 Å². The summed E-state index contributed by atoms with van der Waals surface area (Å²) in [4.78, 5) is 0. The van der Waals surface area contributed by atoms with E-state index in [1.54, 1.807) is 13.1 Å². The first-order chi connectivity index (χ1) is 7.58. The van der Waals surface area contributed by atoms with E-state index in [9.17, 15) is 13.9 Å². The van der Waals surface area contributed by atoms with E-state index in [0.717, 1.165) is 18.2 Å². The molecule has 0 saturated carbocycles. The maximum Gasteiger partial charge on any atom is 0.126 e. The fourth-order valence-corrected chi connectivity index (χ4v) is 1.56. The largest absolute Gasteiger partial charge is 0.382 e. The maximum absolute atomic E-state index is 13.0. The van der Waals surface area contributed by atoms with E-state index in [1.807, 2.05) is 0 Å². The van der Waals surface area contributed by atoms with Crippen LogP contribution in [0.1, 0.15) is 17.4 Å². The lowest BCUT2D eigenvalue weighted by Crippen LogP contribution is -2.07. The van der Waals surface area contributed by atoms with Crippen molar-refractivity contribution in [1.29, 1.82) is 0 Å². The van der Waals surface area contributed by atoms with Crippen LogP contribution in [-0.2, 0) is 7.05 Å². The quantitative estimate of drug-likeness (QED) is 0.844. The predicted octanol–water partition coefficient (Wildman–Crippen LogP) is 1.78. The van der Waals surface area contributed by atoms with Crippen molar-refractivity contribution in [3.05, 3.63) is 53.4 Å². The molecule has 0 bridgehead atoms. The standard InChI is InChI=1S/C11H10F2N2O/c1-15-10(2-3-14-15)11(16)7-4-8(12)6-9(13)5-7/h2-6,11,16H,1H3. The predicted molar refractivity (Wildman–Crippen MR) is 53.6 cm³/mol. The molecule has 0 radical (unpaired) electrons. The van der Waals surface area contributed by atoms with E-state index >= 15 is 0 Å². The third kappa shape index (κ3) is 1.94. The number of rotatable bonds is 2. The number of aliphatic hydroxyl groups excluding tert-OH is 1. The SMILES string of the molecule is Cn1nccc1C(O)c1cc(F)cc(F)c1. The van der Waals surface area contributed by atoms with Crippen molar-refractivity contribution in [2.45, 2.75) is 6.10 Å². The van der Waals surface area contributed by atoms with E-state index in [2.05, 4.69) is 5.10 Å². The summed E-state index contributed by atoms with van der Waals surface area (Å²) in [6.07, 6.45) is 0.423. The second kappa shape index (κ2) is 4.02. The van der Waals surface area contributed by atoms with Gasteiger partial charge >= 0.3 is 0 Å². The molecule has 1 aromatic heterocycles. The van der Waals surface area contributed by atoms with Crippen LogP contribution in [0, 0.1) is 11.6 Å². The van der Waals surface area contributed by atoms with Crippen molar-refractivity contribution in [2.24, 2.45) is 7.05 Å². The minimum atomic E-state index is -1.09. The van der Waals surface area contributed by atoms with Gasteiger partial charge in [-0.2, -0.15) is 5.10 Å². The minimum Gasteiger partial charge on any atom is -0.382 e. The molecule has 0 aliphatic carbocycles. The third-order valence-corrected chi connectivity index (χ3v) is 2.34. The highest BCUT2D eigenvalue weighted by molar-refractivity contribution is 5.26. The smallest absolute Gasteiger partial charge is 0.126 e. The van der Waals surface area contributed by atoms with Gasteiger partial charge in [-0.1, -0.05) is 0 Å². The van der Waals surface area contributed by atoms with Crippen LogP contribution in [0.4, 0.5) is 8.78 Å². The summed E-state index contributed by atoms with van der Waals surface area (Å²) in [6.45, 7) is 0. The van der Waals surface area contributed by atoms with Crippen molar-refractivity contribution in [2.75, 3.05) is 0 Å². The Bertz CT molecular complexity index is 490. The van der Waals surface area contributed by atoms with Crippen LogP contribution < -0.4 is 0 Å². The number of hydrogen-bond acceptors (Lipinski definition) is 2. The van der Waals surface area contributed by atoms with Crippen molar-refractivity contribution >= 4 is 0 Å². The number of halogens is 2. The molecule has 1 N–H and O–H groups in total. The van der Waals surface area contributed by atoms with E-state index in [4.69, 9.17) is 0 Å². The Labute approximate surface area is 91.0 Å². The summed E-state index contributed by atoms with van der Waals surface area (Å²) in [6, 6.07) is 4.55. The molecule has 0 saturated heterocycles. The lowest BCUT2D eigenvalue weighted by atomic mass is 10.1. The van der Waals surface area contributed by atoms with E-state index in [0.29, 0.717) is 5.69 Å². The van der Waals surface area contributed by atoms with Gasteiger partial charge in [0.15, 0.2) is 0 Å². The van der Waals surface area contributed by atoms with E-state index < -0.39 is 17.7 Å². The van der Waals surface area contributed by atoms with Crippen molar-refractivity contribution in [1.82, 2.24) is 9.78 Å². The van der Waals surface area contributed by atoms with Gasteiger partial charge in [0.25, 0.3) is 0 Å². The molecule has 2 aromatic rings. The number of aromatic nitrogens is 2. The van der Waals surface area contributed by atoms with Gasteiger partial charge in [0.2, 0.25) is 0 Å². The first kappa shape index (κ1) is 10.8. The molecule has 1 atom stereocenters. The summed E-state index contributed by atoms with van der Waals surface area (Å²) in [7, 11) is 1.65. The molecule has 0 aliphatic rings. The zero-order valence-electron chi connectivity index (χ0n) is 8.56. The van der Waals surface area contributed by atoms with Gasteiger partial charge in [0, 0.05) is 19.3 Å². The second-order valence-corrected chi connectivity index (χ2v) is 3.48. The molecule has 16 heavy (non-hydrogen) atoms. The lowest BCUT2D eigenvalue weighted by Gasteiger charge is -2.11. The second-order valence-electron chi connectivity index (χ2n) is 3.48. The number of hydrogen-bond donors (Lipinski definition) is 1. The maximum atomic E-state index is 13.0. The Morgan fingerprint density at radius 3 is 2.38 bits per heavy atom. The van der Waals surface area contributed by atoms with Crippen LogP contribution in [0.5, 0.6) is 0 Å². The van der Waals surface area contributed by atoms with Gasteiger partial charge in [-0.15, -0.1) is 0 Å². The van der Waals surface area contributed by atoms with Crippen molar-refractivity contribution < 1.29 is 13.9 Å². The van der Waals surface area contributed by atoms with Crippen molar-refractivity contribution in [3.8, 4) is 0 Å². The van der Waals surface area contributed by atoms with Gasteiger partial charge < -0.3 is 5.11 Å². The Hall–Kier alpha value is -1.75. The fraction of sp³-hybridized carbons (Fsp3) is 0.182. The normalized spacial score (nSPS) is 12.8. The van der Waals surface area contributed by atoms with E-state index in [1.165, 1.54) is 10.9 Å². The molecule has 2 rings (SSSR count). The van der Waals surface area contributed by atoms with Gasteiger partial charge in [-0.3, -0.25) is 4.68 Å². The Kier molecular flexibility index (Phi) is 2.70. The lowest BCUT2D eigenvalue weighted by molar-refractivity contribution is 0.208. The average molecular weight is 224 g/mol. The Morgan fingerprint density at radius 1 is 1.25 bits per heavy atom. The highest BCUT2D eigenvalue weighted by Gasteiger charge is 2.15. The zero-order valence-corrected chi connectivity index (χ0v) is 8.56. The van der Waals surface area contributed by atoms with Gasteiger partial charge in [0.1, 0.15) is 17.7 Å². The molecular formula is C11H10F2N2O. The Balaban J connectivity index is 2.41. The van der Waals surface area contributed by atoms with Crippen LogP contribution in [0.3, 0.4) is 0 Å². The number of aliphatic hydroxyl groups is 1. The highest BCUT2D eigenvalue weighted by atomic mass is 19.1. The highest BCUT2D eigenvalue weighted by Crippen LogP contribution is 2.22. The molecule has 0 fully saturated rings. The zero-order chi connectivity index (χ0) is 11.7. The Morgan fingerprint density at radius 2 is 1.88 bits per heavy atom. The van der Waals surface area contributed by atoms with Crippen LogP contribution in [-0.4, -0.2) is 14.9 Å². The van der Waals surface area contributed by atoms with Gasteiger partial charge in [-0.05, 0) is 23.8 Å². The molecule has 0 amide bonds. The average Bonchev–Trinajstić information content (AvgIpc) is 2.62. The van der Waals surface area contributed by atoms with Crippen LogP contribution in [0.2, 0.25) is 0 Å². The topological polar surface area (TPSA) is 38.0 Å². The molecule has 0 spiro atoms.